The number of aromatic amines is 1. The van der Waals surface area contributed by atoms with Crippen molar-refractivity contribution >= 4 is 16.7 Å². The Morgan fingerprint density at radius 3 is 2.92 bits per heavy atom. The molecular weight excluding hydrogens is 169 g/mol. The van der Waals surface area contributed by atoms with Crippen LogP contribution in [-0.2, 0) is 0 Å². The van der Waals surface area contributed by atoms with Gasteiger partial charge in [-0.25, -0.2) is 4.39 Å². The molecule has 0 bridgehead atoms. The number of nitrogens with one attached hydrogen (secondary N) is 1. The van der Waals surface area contributed by atoms with Crippen molar-refractivity contribution in [3.63, 3.8) is 0 Å². The summed E-state index contributed by atoms with van der Waals surface area (Å²) in [6.45, 7) is 0. The fourth-order valence-corrected chi connectivity index (χ4v) is 1.31. The molecule has 0 saturated heterocycles. The van der Waals surface area contributed by atoms with Crippen LogP contribution in [0.2, 0.25) is 0 Å². The third-order valence-corrected chi connectivity index (χ3v) is 1.90. The number of fused-ring (bicyclic) bond motifs is 1. The Kier molecular flexibility index (Phi) is 1.46. The largest absolute Gasteiger partial charge is 0.384 e. The summed E-state index contributed by atoms with van der Waals surface area (Å²) in [7, 11) is 0. The van der Waals surface area contributed by atoms with E-state index in [9.17, 15) is 4.39 Å². The second kappa shape index (κ2) is 2.49. The second-order valence-electron chi connectivity index (χ2n) is 2.72. The quantitative estimate of drug-likeness (QED) is 0.640. The molecule has 2 aromatic rings. The van der Waals surface area contributed by atoms with Crippen molar-refractivity contribution in [2.24, 2.45) is 0 Å². The van der Waals surface area contributed by atoms with Crippen molar-refractivity contribution in [2.45, 2.75) is 0 Å². The number of hydrogen-bond acceptors (Lipinski definition) is 2. The summed E-state index contributed by atoms with van der Waals surface area (Å²) < 4.78 is 12.8. The lowest BCUT2D eigenvalue weighted by molar-refractivity contribution is 0.629. The number of nitrogen functional groups attached to an aromatic ring is 1. The van der Waals surface area contributed by atoms with Gasteiger partial charge in [0.2, 0.25) is 0 Å². The normalized spacial score (nSPS) is 10.2. The minimum Gasteiger partial charge on any atom is -0.384 e. The number of halogens is 1. The predicted octanol–water partition coefficient (Wildman–Crippen LogP) is 1.76. The van der Waals surface area contributed by atoms with Gasteiger partial charge in [-0.05, 0) is 18.2 Å². The lowest BCUT2D eigenvalue weighted by atomic mass is 10.2. The van der Waals surface area contributed by atoms with E-state index in [1.165, 1.54) is 12.1 Å². The van der Waals surface area contributed by atoms with E-state index in [0.717, 1.165) is 0 Å². The zero-order chi connectivity index (χ0) is 9.42. The molecule has 0 unspecified atom stereocenters. The molecule has 64 valence electrons. The Balaban J connectivity index is 2.91. The van der Waals surface area contributed by atoms with Gasteiger partial charge >= 0.3 is 0 Å². The highest BCUT2D eigenvalue weighted by Gasteiger charge is 2.08. The molecule has 13 heavy (non-hydrogen) atoms. The molecule has 0 amide bonds. The first-order chi connectivity index (χ1) is 6.22. The lowest BCUT2D eigenvalue weighted by Crippen LogP contribution is -1.86. The van der Waals surface area contributed by atoms with Gasteiger partial charge in [0.1, 0.15) is 23.3 Å². The van der Waals surface area contributed by atoms with Gasteiger partial charge in [0.05, 0.1) is 0 Å². The molecule has 0 aliphatic rings. The number of benzene rings is 1. The summed E-state index contributed by atoms with van der Waals surface area (Å²) in [5.41, 5.74) is 6.49. The van der Waals surface area contributed by atoms with Gasteiger partial charge in [-0.3, -0.25) is 0 Å². The molecule has 4 heteroatoms. The van der Waals surface area contributed by atoms with E-state index >= 15 is 0 Å². The highest BCUT2D eigenvalue weighted by Crippen LogP contribution is 2.23. The third kappa shape index (κ3) is 1.02. The van der Waals surface area contributed by atoms with Gasteiger partial charge in [0.15, 0.2) is 0 Å². The third-order valence-electron chi connectivity index (χ3n) is 1.90. The van der Waals surface area contributed by atoms with Gasteiger partial charge in [0.25, 0.3) is 0 Å². The number of hydrogen-bond donors (Lipinski definition) is 2. The van der Waals surface area contributed by atoms with E-state index in [2.05, 4.69) is 4.98 Å². The summed E-state index contributed by atoms with van der Waals surface area (Å²) >= 11 is 0. The molecular formula is C9H6FN3. The highest BCUT2D eigenvalue weighted by molar-refractivity contribution is 5.90. The molecule has 0 aliphatic heterocycles. The average molecular weight is 175 g/mol. The molecule has 3 nitrogen and oxygen atoms in total. The summed E-state index contributed by atoms with van der Waals surface area (Å²) in [4.78, 5) is 2.79. The first-order valence-corrected chi connectivity index (χ1v) is 3.69. The minimum atomic E-state index is -0.372. The van der Waals surface area contributed by atoms with Crippen LogP contribution in [0.15, 0.2) is 18.2 Å². The Morgan fingerprint density at radius 2 is 2.23 bits per heavy atom. The molecule has 3 N–H and O–H groups in total. The van der Waals surface area contributed by atoms with Crippen LogP contribution in [0.25, 0.3) is 10.9 Å². The highest BCUT2D eigenvalue weighted by atomic mass is 19.1. The molecule has 0 atom stereocenters. The molecule has 0 saturated carbocycles. The van der Waals surface area contributed by atoms with E-state index in [-0.39, 0.29) is 11.6 Å². The Labute approximate surface area is 73.6 Å². The summed E-state index contributed by atoms with van der Waals surface area (Å²) in [6, 6.07) is 6.09. The van der Waals surface area contributed by atoms with Crippen LogP contribution < -0.4 is 5.73 Å². The van der Waals surface area contributed by atoms with Crippen LogP contribution in [0.5, 0.6) is 0 Å². The van der Waals surface area contributed by atoms with Crippen molar-refractivity contribution in [1.82, 2.24) is 4.98 Å². The lowest BCUT2D eigenvalue weighted by Gasteiger charge is -1.89. The predicted molar refractivity (Wildman–Crippen MR) is 47.4 cm³/mol. The van der Waals surface area contributed by atoms with Crippen LogP contribution in [0.1, 0.15) is 5.56 Å². The second-order valence-corrected chi connectivity index (χ2v) is 2.72. The van der Waals surface area contributed by atoms with Gasteiger partial charge in [-0.2, -0.15) is 5.26 Å². The van der Waals surface area contributed by atoms with Crippen molar-refractivity contribution < 1.29 is 4.39 Å². The van der Waals surface area contributed by atoms with Crippen LogP contribution in [-0.4, -0.2) is 4.98 Å². The molecule has 0 radical (unpaired) electrons. The average Bonchev–Trinajstić information content (AvgIpc) is 2.40. The van der Waals surface area contributed by atoms with Gasteiger partial charge in [-0.15, -0.1) is 0 Å². The van der Waals surface area contributed by atoms with E-state index < -0.39 is 0 Å². The maximum atomic E-state index is 12.8. The van der Waals surface area contributed by atoms with Gasteiger partial charge in [-0.1, -0.05) is 0 Å². The maximum absolute atomic E-state index is 12.8. The monoisotopic (exact) mass is 175 g/mol. The number of nitriles is 1. The van der Waals surface area contributed by atoms with Crippen molar-refractivity contribution in [1.29, 1.82) is 5.26 Å². The van der Waals surface area contributed by atoms with Crippen molar-refractivity contribution in [2.75, 3.05) is 5.73 Å². The Morgan fingerprint density at radius 1 is 1.46 bits per heavy atom. The first kappa shape index (κ1) is 7.62. The zero-order valence-electron chi connectivity index (χ0n) is 6.63. The van der Waals surface area contributed by atoms with Crippen LogP contribution in [0.4, 0.5) is 10.2 Å². The van der Waals surface area contributed by atoms with Crippen LogP contribution >= 0.6 is 0 Å². The van der Waals surface area contributed by atoms with Gasteiger partial charge in [0, 0.05) is 10.9 Å². The molecule has 1 heterocycles. The maximum Gasteiger partial charge on any atom is 0.124 e. The van der Waals surface area contributed by atoms with E-state index in [0.29, 0.717) is 16.5 Å². The number of nitrogens with two attached hydrogens (primary N) is 1. The zero-order valence-corrected chi connectivity index (χ0v) is 6.63. The number of anilines is 1. The number of aromatic nitrogens is 1. The summed E-state index contributed by atoms with van der Waals surface area (Å²) in [5, 5.41) is 9.25. The summed E-state index contributed by atoms with van der Waals surface area (Å²) in [5.74, 6) is -0.0916. The standard InChI is InChI=1S/C9H6FN3/c10-5-1-2-8-6(3-5)7(4-11)9(12)13-8/h1-3,13H,12H2. The van der Waals surface area contributed by atoms with Gasteiger partial charge < -0.3 is 10.7 Å². The molecule has 1 aromatic heterocycles. The first-order valence-electron chi connectivity index (χ1n) is 3.69. The number of H-pyrrole nitrogens is 1. The molecule has 0 aliphatic carbocycles. The minimum absolute atomic E-state index is 0.281. The SMILES string of the molecule is N#Cc1c(N)[nH]c2ccc(F)cc12. The number of rotatable bonds is 0. The summed E-state index contributed by atoms with van der Waals surface area (Å²) in [6.07, 6.45) is 0. The fraction of sp³-hybridized carbons (Fsp3) is 0. The smallest absolute Gasteiger partial charge is 0.124 e. The van der Waals surface area contributed by atoms with E-state index in [4.69, 9.17) is 11.0 Å². The molecule has 0 spiro atoms. The van der Waals surface area contributed by atoms with Crippen LogP contribution in [0.3, 0.4) is 0 Å². The van der Waals surface area contributed by atoms with Crippen LogP contribution in [0, 0.1) is 17.1 Å². The fourth-order valence-electron chi connectivity index (χ4n) is 1.31. The van der Waals surface area contributed by atoms with E-state index in [1.807, 2.05) is 6.07 Å². The van der Waals surface area contributed by atoms with E-state index in [1.54, 1.807) is 6.07 Å². The molecule has 2 rings (SSSR count). The Bertz CT molecular complexity index is 507. The van der Waals surface area contributed by atoms with Crippen molar-refractivity contribution in [3.05, 3.63) is 29.6 Å². The van der Waals surface area contributed by atoms with Crippen molar-refractivity contribution in [3.8, 4) is 6.07 Å². The molecule has 0 fully saturated rings. The number of nitrogens with zero attached hydrogens (tertiary/aromatic N) is 1. The Hall–Kier alpha value is -2.02. The topological polar surface area (TPSA) is 65.6 Å². The molecule has 1 aromatic carbocycles.